The van der Waals surface area contributed by atoms with Crippen LogP contribution in [0.1, 0.15) is 31.9 Å². The number of aryl methyl sites for hydroxylation is 1. The van der Waals surface area contributed by atoms with Crippen LogP contribution < -0.4 is 5.56 Å². The number of benzene rings is 1. The largest absolute Gasteiger partial charge is 0.338 e. The molecule has 0 aliphatic carbocycles. The molecule has 1 amide bonds. The van der Waals surface area contributed by atoms with Crippen molar-refractivity contribution in [3.63, 3.8) is 0 Å². The Morgan fingerprint density at radius 3 is 2.71 bits per heavy atom. The van der Waals surface area contributed by atoms with Crippen LogP contribution in [0.15, 0.2) is 41.2 Å². The van der Waals surface area contributed by atoms with Gasteiger partial charge in [-0.25, -0.2) is 4.98 Å². The van der Waals surface area contributed by atoms with Crippen molar-refractivity contribution in [1.29, 1.82) is 0 Å². The molecule has 0 bridgehead atoms. The Morgan fingerprint density at radius 1 is 1.25 bits per heavy atom. The Bertz CT molecular complexity index is 783. The van der Waals surface area contributed by atoms with Crippen molar-refractivity contribution in [1.82, 2.24) is 14.5 Å². The van der Waals surface area contributed by atoms with Crippen LogP contribution in [-0.2, 0) is 11.3 Å². The van der Waals surface area contributed by atoms with Crippen molar-refractivity contribution in [2.45, 2.75) is 45.7 Å². The lowest BCUT2D eigenvalue weighted by Gasteiger charge is -2.33. The van der Waals surface area contributed by atoms with E-state index in [0.717, 1.165) is 31.4 Å². The second-order valence-corrected chi connectivity index (χ2v) is 6.44. The van der Waals surface area contributed by atoms with Gasteiger partial charge in [-0.3, -0.25) is 14.2 Å². The molecule has 1 unspecified atom stereocenters. The Kier molecular flexibility index (Phi) is 4.79. The van der Waals surface area contributed by atoms with Crippen molar-refractivity contribution in [2.75, 3.05) is 6.54 Å². The van der Waals surface area contributed by atoms with E-state index in [1.165, 1.54) is 10.6 Å². The zero-order valence-electron chi connectivity index (χ0n) is 14.2. The zero-order chi connectivity index (χ0) is 17.1. The summed E-state index contributed by atoms with van der Waals surface area (Å²) in [5.41, 5.74) is 1.33. The lowest BCUT2D eigenvalue weighted by molar-refractivity contribution is -0.135. The predicted molar refractivity (Wildman–Crippen MR) is 93.7 cm³/mol. The number of hydrogen-bond donors (Lipinski definition) is 0. The second kappa shape index (κ2) is 6.99. The fourth-order valence-electron chi connectivity index (χ4n) is 3.28. The van der Waals surface area contributed by atoms with Gasteiger partial charge in [0.05, 0.1) is 0 Å². The summed E-state index contributed by atoms with van der Waals surface area (Å²) in [5, 5.41) is 0. The summed E-state index contributed by atoms with van der Waals surface area (Å²) in [6.45, 7) is 4.69. The molecule has 5 heteroatoms. The number of aromatic nitrogens is 2. The van der Waals surface area contributed by atoms with Crippen LogP contribution in [0, 0.1) is 6.92 Å². The lowest BCUT2D eigenvalue weighted by atomic mass is 10.0. The number of amides is 1. The van der Waals surface area contributed by atoms with Crippen LogP contribution in [0.4, 0.5) is 0 Å². The highest BCUT2D eigenvalue weighted by Gasteiger charge is 2.24. The van der Waals surface area contributed by atoms with Crippen LogP contribution in [0.5, 0.6) is 0 Å². The minimum Gasteiger partial charge on any atom is -0.338 e. The molecule has 1 atom stereocenters. The number of carbonyl (C=O) groups excluding carboxylic acids is 1. The molecule has 2 aromatic rings. The van der Waals surface area contributed by atoms with Crippen LogP contribution >= 0.6 is 0 Å². The third-order valence-electron chi connectivity index (χ3n) is 4.58. The van der Waals surface area contributed by atoms with Crippen molar-refractivity contribution < 1.29 is 4.79 Å². The molecule has 1 fully saturated rings. The summed E-state index contributed by atoms with van der Waals surface area (Å²) in [6, 6.07) is 11.3. The Morgan fingerprint density at radius 2 is 2.00 bits per heavy atom. The maximum Gasteiger partial charge on any atom is 0.254 e. The molecule has 2 heterocycles. The van der Waals surface area contributed by atoms with Crippen molar-refractivity contribution >= 4 is 5.91 Å². The fourth-order valence-corrected chi connectivity index (χ4v) is 3.28. The van der Waals surface area contributed by atoms with Crippen LogP contribution in [0.25, 0.3) is 11.4 Å². The molecule has 1 aliphatic rings. The topological polar surface area (TPSA) is 55.2 Å². The van der Waals surface area contributed by atoms with E-state index in [1.54, 1.807) is 6.92 Å². The first-order valence-corrected chi connectivity index (χ1v) is 8.49. The number of rotatable bonds is 3. The van der Waals surface area contributed by atoms with Gasteiger partial charge in [0.1, 0.15) is 12.4 Å². The van der Waals surface area contributed by atoms with E-state index in [4.69, 9.17) is 0 Å². The van der Waals surface area contributed by atoms with E-state index >= 15 is 0 Å². The van der Waals surface area contributed by atoms with E-state index in [9.17, 15) is 9.59 Å². The van der Waals surface area contributed by atoms with Gasteiger partial charge in [0.25, 0.3) is 5.56 Å². The second-order valence-electron chi connectivity index (χ2n) is 6.44. The number of nitrogens with zero attached hydrogens (tertiary/aromatic N) is 3. The SMILES string of the molecule is Cc1cc(=O)n(CC(=O)N2CCCCC2C)c(-c2ccccc2)n1. The minimum atomic E-state index is -0.181. The molecule has 1 aliphatic heterocycles. The normalized spacial score (nSPS) is 17.8. The Hall–Kier alpha value is -2.43. The molecule has 5 nitrogen and oxygen atoms in total. The smallest absolute Gasteiger partial charge is 0.254 e. The summed E-state index contributed by atoms with van der Waals surface area (Å²) in [6.07, 6.45) is 3.22. The summed E-state index contributed by atoms with van der Waals surface area (Å²) in [7, 11) is 0. The summed E-state index contributed by atoms with van der Waals surface area (Å²) >= 11 is 0. The third-order valence-corrected chi connectivity index (χ3v) is 4.58. The third kappa shape index (κ3) is 3.40. The highest BCUT2D eigenvalue weighted by Crippen LogP contribution is 2.19. The maximum absolute atomic E-state index is 12.7. The summed E-state index contributed by atoms with van der Waals surface area (Å²) < 4.78 is 1.49. The predicted octanol–water partition coefficient (Wildman–Crippen LogP) is 2.62. The lowest BCUT2D eigenvalue weighted by Crippen LogP contribution is -2.44. The quantitative estimate of drug-likeness (QED) is 0.872. The highest BCUT2D eigenvalue weighted by atomic mass is 16.2. The van der Waals surface area contributed by atoms with Gasteiger partial charge < -0.3 is 4.90 Å². The van der Waals surface area contributed by atoms with Crippen LogP contribution in [0.3, 0.4) is 0 Å². The van der Waals surface area contributed by atoms with Crippen LogP contribution in [0.2, 0.25) is 0 Å². The molecule has 1 saturated heterocycles. The molecule has 0 radical (unpaired) electrons. The van der Waals surface area contributed by atoms with Gasteiger partial charge in [-0.15, -0.1) is 0 Å². The molecule has 0 spiro atoms. The summed E-state index contributed by atoms with van der Waals surface area (Å²) in [4.78, 5) is 31.6. The number of likely N-dealkylation sites (tertiary alicyclic amines) is 1. The molecule has 0 N–H and O–H groups in total. The molecular weight excluding hydrogens is 302 g/mol. The molecule has 1 aromatic heterocycles. The fraction of sp³-hybridized carbons (Fsp3) is 0.421. The molecule has 1 aromatic carbocycles. The van der Waals surface area contributed by atoms with Crippen molar-refractivity contribution in [3.8, 4) is 11.4 Å². The van der Waals surface area contributed by atoms with E-state index in [1.807, 2.05) is 35.2 Å². The van der Waals surface area contributed by atoms with Crippen LogP contribution in [-0.4, -0.2) is 32.9 Å². The van der Waals surface area contributed by atoms with Gasteiger partial charge >= 0.3 is 0 Å². The Labute approximate surface area is 141 Å². The van der Waals surface area contributed by atoms with Crippen molar-refractivity contribution in [2.24, 2.45) is 0 Å². The molecule has 24 heavy (non-hydrogen) atoms. The first-order valence-electron chi connectivity index (χ1n) is 8.49. The van der Waals surface area contributed by atoms with E-state index in [0.29, 0.717) is 11.5 Å². The first-order chi connectivity index (χ1) is 11.6. The van der Waals surface area contributed by atoms with E-state index in [-0.39, 0.29) is 24.1 Å². The van der Waals surface area contributed by atoms with Gasteiger partial charge in [0.15, 0.2) is 0 Å². The van der Waals surface area contributed by atoms with E-state index < -0.39 is 0 Å². The van der Waals surface area contributed by atoms with Gasteiger partial charge in [-0.1, -0.05) is 30.3 Å². The van der Waals surface area contributed by atoms with Crippen molar-refractivity contribution in [3.05, 3.63) is 52.4 Å². The number of carbonyl (C=O) groups is 1. The Balaban J connectivity index is 1.95. The average Bonchev–Trinajstić information content (AvgIpc) is 2.58. The van der Waals surface area contributed by atoms with E-state index in [2.05, 4.69) is 11.9 Å². The zero-order valence-corrected chi connectivity index (χ0v) is 14.2. The molecular formula is C19H23N3O2. The maximum atomic E-state index is 12.7. The van der Waals surface area contributed by atoms with Gasteiger partial charge in [-0.05, 0) is 33.1 Å². The molecule has 126 valence electrons. The van der Waals surface area contributed by atoms with Gasteiger partial charge in [-0.2, -0.15) is 0 Å². The average molecular weight is 325 g/mol. The first kappa shape index (κ1) is 16.4. The number of hydrogen-bond acceptors (Lipinski definition) is 3. The van der Waals surface area contributed by atoms with Gasteiger partial charge in [0.2, 0.25) is 5.91 Å². The minimum absolute atomic E-state index is 0.00728. The monoisotopic (exact) mass is 325 g/mol. The van der Waals surface area contributed by atoms with Gasteiger partial charge in [0, 0.05) is 29.9 Å². The number of piperidine rings is 1. The standard InChI is InChI=1S/C19H23N3O2/c1-14-12-17(23)22(19(20-14)16-9-4-3-5-10-16)13-18(24)21-11-7-6-8-15(21)2/h3-5,9-10,12,15H,6-8,11,13H2,1-2H3. The molecule has 3 rings (SSSR count). The molecule has 0 saturated carbocycles. The summed E-state index contributed by atoms with van der Waals surface area (Å²) in [5.74, 6) is 0.547. The highest BCUT2D eigenvalue weighted by molar-refractivity contribution is 5.77.